The van der Waals surface area contributed by atoms with Crippen molar-refractivity contribution in [3.63, 3.8) is 0 Å². The van der Waals surface area contributed by atoms with Crippen molar-refractivity contribution in [1.82, 2.24) is 15.2 Å². The lowest BCUT2D eigenvalue weighted by Crippen LogP contribution is -2.00. The molecule has 5 heteroatoms. The van der Waals surface area contributed by atoms with Gasteiger partial charge in [-0.3, -0.25) is 4.98 Å². The van der Waals surface area contributed by atoms with Crippen molar-refractivity contribution in [2.75, 3.05) is 0 Å². The summed E-state index contributed by atoms with van der Waals surface area (Å²) in [5, 5.41) is 5.89. The highest BCUT2D eigenvalue weighted by Gasteiger charge is 2.17. The van der Waals surface area contributed by atoms with Gasteiger partial charge in [-0.15, -0.1) is 0 Å². The summed E-state index contributed by atoms with van der Waals surface area (Å²) in [5.41, 5.74) is 0.438. The van der Waals surface area contributed by atoms with Gasteiger partial charge in [0.05, 0.1) is 5.56 Å². The molecule has 1 heterocycles. The SMILES string of the molecule is O=c1[nH]nc(-c2ccc(C#CC3CC3)cc2F)[nH]1. The number of hydrogen-bond acceptors (Lipinski definition) is 2. The maximum atomic E-state index is 13.8. The fraction of sp³-hybridized carbons (Fsp3) is 0.231. The first kappa shape index (κ1) is 10.8. The van der Waals surface area contributed by atoms with Crippen LogP contribution in [-0.2, 0) is 0 Å². The number of rotatable bonds is 1. The third-order valence-corrected chi connectivity index (χ3v) is 2.72. The Morgan fingerprint density at radius 2 is 2.22 bits per heavy atom. The summed E-state index contributed by atoms with van der Waals surface area (Å²) in [7, 11) is 0. The van der Waals surface area contributed by atoms with E-state index < -0.39 is 11.5 Å². The van der Waals surface area contributed by atoms with Crippen molar-refractivity contribution in [3.8, 4) is 23.2 Å². The minimum atomic E-state index is -0.456. The van der Waals surface area contributed by atoms with Gasteiger partial charge in [-0.05, 0) is 31.0 Å². The van der Waals surface area contributed by atoms with Crippen LogP contribution in [0.2, 0.25) is 0 Å². The van der Waals surface area contributed by atoms with Crippen molar-refractivity contribution >= 4 is 0 Å². The molecule has 0 bridgehead atoms. The van der Waals surface area contributed by atoms with E-state index in [0.29, 0.717) is 11.5 Å². The van der Waals surface area contributed by atoms with Crippen molar-refractivity contribution < 1.29 is 4.39 Å². The third-order valence-electron chi connectivity index (χ3n) is 2.72. The first-order valence-electron chi connectivity index (χ1n) is 5.68. The lowest BCUT2D eigenvalue weighted by Gasteiger charge is -1.98. The van der Waals surface area contributed by atoms with Crippen LogP contribution in [0.3, 0.4) is 0 Å². The Balaban J connectivity index is 1.94. The lowest BCUT2D eigenvalue weighted by molar-refractivity contribution is 0.629. The monoisotopic (exact) mass is 243 g/mol. The fourth-order valence-electron chi connectivity index (χ4n) is 1.60. The van der Waals surface area contributed by atoms with Gasteiger partial charge in [0.15, 0.2) is 5.82 Å². The number of benzene rings is 1. The molecule has 0 saturated heterocycles. The normalized spacial score (nSPS) is 14.1. The zero-order valence-corrected chi connectivity index (χ0v) is 9.46. The summed E-state index contributed by atoms with van der Waals surface area (Å²) in [6, 6.07) is 4.65. The largest absolute Gasteiger partial charge is 0.340 e. The second-order valence-electron chi connectivity index (χ2n) is 4.26. The topological polar surface area (TPSA) is 61.5 Å². The average molecular weight is 243 g/mol. The van der Waals surface area contributed by atoms with Crippen LogP contribution in [0.1, 0.15) is 18.4 Å². The van der Waals surface area contributed by atoms with Crippen molar-refractivity contribution in [1.29, 1.82) is 0 Å². The molecule has 0 radical (unpaired) electrons. The predicted octanol–water partition coefficient (Wildman–Crippen LogP) is 1.67. The van der Waals surface area contributed by atoms with E-state index in [-0.39, 0.29) is 11.4 Å². The molecule has 1 aliphatic carbocycles. The number of aromatic amines is 2. The Kier molecular flexibility index (Phi) is 2.49. The molecule has 90 valence electrons. The molecule has 0 amide bonds. The van der Waals surface area contributed by atoms with Crippen molar-refractivity contribution in [2.45, 2.75) is 12.8 Å². The van der Waals surface area contributed by atoms with Gasteiger partial charge >= 0.3 is 5.69 Å². The standard InChI is InChI=1S/C13H10FN3O/c14-11-7-9(4-3-8-1-2-8)5-6-10(11)12-15-13(18)17-16-12/h5-8H,1-2H2,(H2,15,16,17,18). The highest BCUT2D eigenvalue weighted by atomic mass is 19.1. The number of nitrogens with zero attached hydrogens (tertiary/aromatic N) is 1. The predicted molar refractivity (Wildman–Crippen MR) is 64.2 cm³/mol. The molecule has 3 rings (SSSR count). The Morgan fingerprint density at radius 3 is 2.83 bits per heavy atom. The van der Waals surface area contributed by atoms with E-state index in [9.17, 15) is 9.18 Å². The molecule has 18 heavy (non-hydrogen) atoms. The van der Waals surface area contributed by atoms with Crippen LogP contribution in [0.15, 0.2) is 23.0 Å². The van der Waals surface area contributed by atoms with E-state index in [1.165, 1.54) is 6.07 Å². The third kappa shape index (κ3) is 2.18. The number of nitrogens with one attached hydrogen (secondary N) is 2. The molecular formula is C13H10FN3O. The first-order valence-corrected chi connectivity index (χ1v) is 5.68. The molecule has 0 aliphatic heterocycles. The number of halogens is 1. The highest BCUT2D eigenvalue weighted by molar-refractivity contribution is 5.57. The maximum Gasteiger partial charge on any atom is 0.340 e. The van der Waals surface area contributed by atoms with Crippen molar-refractivity contribution in [3.05, 3.63) is 40.1 Å². The Hall–Kier alpha value is -2.35. The van der Waals surface area contributed by atoms with Crippen LogP contribution < -0.4 is 5.69 Å². The van der Waals surface area contributed by atoms with E-state index in [1.54, 1.807) is 12.1 Å². The number of H-pyrrole nitrogens is 2. The molecule has 1 aliphatic rings. The van der Waals surface area contributed by atoms with Gasteiger partial charge in [-0.1, -0.05) is 11.8 Å². The van der Waals surface area contributed by atoms with E-state index in [4.69, 9.17) is 0 Å². The molecule has 0 unspecified atom stereocenters. The number of hydrogen-bond donors (Lipinski definition) is 2. The summed E-state index contributed by atoms with van der Waals surface area (Å²) < 4.78 is 13.8. The lowest BCUT2D eigenvalue weighted by atomic mass is 10.1. The Labute approximate surface area is 102 Å². The molecule has 2 N–H and O–H groups in total. The van der Waals surface area contributed by atoms with E-state index >= 15 is 0 Å². The van der Waals surface area contributed by atoms with Crippen LogP contribution in [-0.4, -0.2) is 15.2 Å². The first-order chi connectivity index (χ1) is 8.72. The molecule has 1 saturated carbocycles. The summed E-state index contributed by atoms with van der Waals surface area (Å²) in [6.07, 6.45) is 2.28. The molecule has 0 atom stereocenters. The molecule has 0 spiro atoms. The molecule has 1 fully saturated rings. The van der Waals surface area contributed by atoms with Crippen molar-refractivity contribution in [2.24, 2.45) is 5.92 Å². The van der Waals surface area contributed by atoms with Gasteiger partial charge in [-0.2, -0.15) is 5.10 Å². The van der Waals surface area contributed by atoms with Crippen LogP contribution >= 0.6 is 0 Å². The molecule has 1 aromatic carbocycles. The van der Waals surface area contributed by atoms with Crippen LogP contribution in [0.25, 0.3) is 11.4 Å². The minimum Gasteiger partial charge on any atom is -0.289 e. The smallest absolute Gasteiger partial charge is 0.289 e. The maximum absolute atomic E-state index is 13.8. The van der Waals surface area contributed by atoms with E-state index in [1.807, 2.05) is 0 Å². The summed E-state index contributed by atoms with van der Waals surface area (Å²) in [5.74, 6) is 6.24. The van der Waals surface area contributed by atoms with Gasteiger partial charge in [0, 0.05) is 11.5 Å². The van der Waals surface area contributed by atoms with Gasteiger partial charge in [0.25, 0.3) is 0 Å². The zero-order valence-electron chi connectivity index (χ0n) is 9.46. The molecule has 2 aromatic rings. The quantitative estimate of drug-likeness (QED) is 0.748. The summed E-state index contributed by atoms with van der Waals surface area (Å²) >= 11 is 0. The van der Waals surface area contributed by atoms with Gasteiger partial charge in [-0.25, -0.2) is 14.3 Å². The Bertz CT molecular complexity index is 701. The van der Waals surface area contributed by atoms with Gasteiger partial charge in [0.1, 0.15) is 5.82 Å². The average Bonchev–Trinajstić information content (AvgIpc) is 3.09. The molecule has 1 aromatic heterocycles. The number of aromatic nitrogens is 3. The van der Waals surface area contributed by atoms with Crippen LogP contribution in [0, 0.1) is 23.6 Å². The van der Waals surface area contributed by atoms with E-state index in [2.05, 4.69) is 27.0 Å². The highest BCUT2D eigenvalue weighted by Crippen LogP contribution is 2.27. The summed E-state index contributed by atoms with van der Waals surface area (Å²) in [4.78, 5) is 13.3. The fourth-order valence-corrected chi connectivity index (χ4v) is 1.60. The molecule has 4 nitrogen and oxygen atoms in total. The second-order valence-corrected chi connectivity index (χ2v) is 4.26. The zero-order chi connectivity index (χ0) is 12.5. The molecular weight excluding hydrogens is 233 g/mol. The Morgan fingerprint density at radius 1 is 1.39 bits per heavy atom. The second kappa shape index (κ2) is 4.15. The van der Waals surface area contributed by atoms with Gasteiger partial charge < -0.3 is 0 Å². The van der Waals surface area contributed by atoms with Crippen LogP contribution in [0.5, 0.6) is 0 Å². The van der Waals surface area contributed by atoms with Gasteiger partial charge in [0.2, 0.25) is 0 Å². The van der Waals surface area contributed by atoms with E-state index in [0.717, 1.165) is 12.8 Å². The summed E-state index contributed by atoms with van der Waals surface area (Å²) in [6.45, 7) is 0. The minimum absolute atomic E-state index is 0.194. The van der Waals surface area contributed by atoms with Crippen LogP contribution in [0.4, 0.5) is 4.39 Å².